The van der Waals surface area contributed by atoms with E-state index >= 15 is 0 Å². The van der Waals surface area contributed by atoms with Gasteiger partial charge in [0.15, 0.2) is 0 Å². The minimum atomic E-state index is -3.48. The molecule has 2 aliphatic rings. The quantitative estimate of drug-likeness (QED) is 0.285. The van der Waals surface area contributed by atoms with E-state index in [1.165, 1.54) is 12.8 Å². The largest absolute Gasteiger partial charge is 0.506 e. The van der Waals surface area contributed by atoms with Crippen LogP contribution in [0.1, 0.15) is 55.3 Å². The molecule has 0 bridgehead atoms. The molecule has 0 aromatic heterocycles. The number of ether oxygens (including phenoxy) is 2. The molecular formula is C26H32N2O6S. The van der Waals surface area contributed by atoms with Crippen LogP contribution in [0.4, 0.5) is 10.5 Å². The molecule has 1 amide bonds. The summed E-state index contributed by atoms with van der Waals surface area (Å²) in [6.45, 7) is 2.77. The topological polar surface area (TPSA) is 114 Å². The van der Waals surface area contributed by atoms with Crippen LogP contribution >= 0.6 is 0 Å². The molecule has 3 N–H and O–H groups in total. The molecule has 2 aromatic rings. The van der Waals surface area contributed by atoms with E-state index < -0.39 is 16.1 Å². The molecule has 2 aromatic carbocycles. The van der Waals surface area contributed by atoms with Crippen molar-refractivity contribution in [2.24, 2.45) is 5.92 Å². The molecule has 4 rings (SSSR count). The Morgan fingerprint density at radius 3 is 2.86 bits per heavy atom. The molecule has 1 aliphatic carbocycles. The van der Waals surface area contributed by atoms with Gasteiger partial charge in [0.1, 0.15) is 18.1 Å². The standard InChI is InChI=1S/C26H32N2O6S/c1-2-23(20-8-6-9-22(15-20)33-16-18-10-11-18)28-35(31,32)12-5-3-4-7-19-13-21-17-34-26(30)27-25(21)24(29)14-19/h3-4,6,8-9,13-15,18,23,28-29H,2,5,7,10-12,16-17H2,1H3,(H,27,30). The minimum absolute atomic E-state index is 0.0121. The molecule has 1 atom stereocenters. The van der Waals surface area contributed by atoms with Gasteiger partial charge in [0, 0.05) is 11.6 Å². The number of benzene rings is 2. The number of nitrogens with one attached hydrogen (secondary N) is 2. The van der Waals surface area contributed by atoms with Crippen molar-refractivity contribution in [3.63, 3.8) is 0 Å². The summed E-state index contributed by atoms with van der Waals surface area (Å²) in [4.78, 5) is 11.3. The molecule has 0 radical (unpaired) electrons. The van der Waals surface area contributed by atoms with Crippen LogP contribution in [0.3, 0.4) is 0 Å². The molecule has 0 spiro atoms. The first kappa shape index (κ1) is 25.1. The monoisotopic (exact) mass is 500 g/mol. The van der Waals surface area contributed by atoms with E-state index in [-0.39, 0.29) is 24.2 Å². The van der Waals surface area contributed by atoms with E-state index in [1.807, 2.05) is 49.4 Å². The van der Waals surface area contributed by atoms with Crippen LogP contribution in [0.5, 0.6) is 11.5 Å². The Balaban J connectivity index is 1.28. The first-order valence-corrected chi connectivity index (χ1v) is 13.6. The highest BCUT2D eigenvalue weighted by Crippen LogP contribution is 2.33. The lowest BCUT2D eigenvalue weighted by atomic mass is 10.0. The van der Waals surface area contributed by atoms with Crippen LogP contribution in [-0.2, 0) is 27.8 Å². The fourth-order valence-corrected chi connectivity index (χ4v) is 5.25. The van der Waals surface area contributed by atoms with Crippen molar-refractivity contribution in [3.8, 4) is 11.5 Å². The zero-order valence-corrected chi connectivity index (χ0v) is 20.6. The normalized spacial score (nSPS) is 16.4. The van der Waals surface area contributed by atoms with Gasteiger partial charge in [-0.1, -0.05) is 31.2 Å². The predicted octanol–water partition coefficient (Wildman–Crippen LogP) is 4.80. The summed E-state index contributed by atoms with van der Waals surface area (Å²) >= 11 is 0. The van der Waals surface area contributed by atoms with Gasteiger partial charge in [-0.15, -0.1) is 0 Å². The lowest BCUT2D eigenvalue weighted by molar-refractivity contribution is 0.151. The van der Waals surface area contributed by atoms with Gasteiger partial charge in [-0.3, -0.25) is 5.32 Å². The van der Waals surface area contributed by atoms with E-state index in [4.69, 9.17) is 9.47 Å². The molecule has 1 fully saturated rings. The SMILES string of the molecule is CCC(NS(=O)(=O)CCC=CCc1cc(O)c2c(c1)COC(=O)N2)c1cccc(OCC2CC2)c1. The Hall–Kier alpha value is -3.04. The fourth-order valence-electron chi connectivity index (χ4n) is 3.95. The number of hydrogen-bond acceptors (Lipinski definition) is 6. The number of cyclic esters (lactones) is 1. The maximum atomic E-state index is 12.7. The predicted molar refractivity (Wildman–Crippen MR) is 134 cm³/mol. The number of allylic oxidation sites excluding steroid dienone is 2. The minimum Gasteiger partial charge on any atom is -0.506 e. The Morgan fingerprint density at radius 1 is 1.26 bits per heavy atom. The number of rotatable bonds is 12. The number of carbonyl (C=O) groups is 1. The number of phenols is 1. The second kappa shape index (κ2) is 11.1. The maximum absolute atomic E-state index is 12.7. The molecule has 0 saturated heterocycles. The number of phenolic OH excluding ortho intramolecular Hbond substituents is 1. The van der Waals surface area contributed by atoms with Gasteiger partial charge in [-0.2, -0.15) is 0 Å². The van der Waals surface area contributed by atoms with E-state index in [9.17, 15) is 18.3 Å². The molecule has 1 saturated carbocycles. The third-order valence-corrected chi connectivity index (χ3v) is 7.51. The van der Waals surface area contributed by atoms with Gasteiger partial charge < -0.3 is 14.6 Å². The van der Waals surface area contributed by atoms with Gasteiger partial charge in [0.2, 0.25) is 10.0 Å². The van der Waals surface area contributed by atoms with Crippen LogP contribution in [-0.4, -0.2) is 32.0 Å². The van der Waals surface area contributed by atoms with Gasteiger partial charge in [0.05, 0.1) is 18.0 Å². The molecule has 35 heavy (non-hydrogen) atoms. The first-order valence-electron chi connectivity index (χ1n) is 12.0. The van der Waals surface area contributed by atoms with E-state index in [0.29, 0.717) is 43.0 Å². The van der Waals surface area contributed by atoms with Crippen molar-refractivity contribution in [2.75, 3.05) is 17.7 Å². The van der Waals surface area contributed by atoms with Gasteiger partial charge in [-0.25, -0.2) is 17.9 Å². The number of sulfonamides is 1. The highest BCUT2D eigenvalue weighted by molar-refractivity contribution is 7.89. The lowest BCUT2D eigenvalue weighted by Crippen LogP contribution is -2.30. The first-order chi connectivity index (χ1) is 16.8. The van der Waals surface area contributed by atoms with Crippen LogP contribution < -0.4 is 14.8 Å². The summed E-state index contributed by atoms with van der Waals surface area (Å²) in [5.74, 6) is 1.40. The van der Waals surface area contributed by atoms with Crippen LogP contribution in [0, 0.1) is 5.92 Å². The summed E-state index contributed by atoms with van der Waals surface area (Å²) < 4.78 is 39.0. The number of hydrogen-bond donors (Lipinski definition) is 3. The van der Waals surface area contributed by atoms with Gasteiger partial charge in [0.25, 0.3) is 0 Å². The summed E-state index contributed by atoms with van der Waals surface area (Å²) in [6, 6.07) is 10.8. The van der Waals surface area contributed by atoms with Crippen molar-refractivity contribution in [2.45, 2.75) is 51.7 Å². The van der Waals surface area contributed by atoms with Crippen LogP contribution in [0.25, 0.3) is 0 Å². The zero-order valence-electron chi connectivity index (χ0n) is 19.8. The molecule has 1 aliphatic heterocycles. The van der Waals surface area contributed by atoms with Crippen molar-refractivity contribution < 1.29 is 27.8 Å². The zero-order chi connectivity index (χ0) is 24.8. The lowest BCUT2D eigenvalue weighted by Gasteiger charge is -2.19. The Morgan fingerprint density at radius 2 is 2.09 bits per heavy atom. The number of amides is 1. The molecule has 9 heteroatoms. The van der Waals surface area contributed by atoms with Gasteiger partial charge in [-0.05, 0) is 73.4 Å². The average molecular weight is 501 g/mol. The Bertz CT molecular complexity index is 1190. The van der Waals surface area contributed by atoms with E-state index in [1.54, 1.807) is 6.07 Å². The Labute approximate surface area is 206 Å². The molecule has 8 nitrogen and oxygen atoms in total. The molecule has 1 heterocycles. The second-order valence-electron chi connectivity index (χ2n) is 9.04. The molecular weight excluding hydrogens is 468 g/mol. The Kier molecular flexibility index (Phi) is 7.97. The third-order valence-electron chi connectivity index (χ3n) is 6.09. The van der Waals surface area contributed by atoms with Crippen molar-refractivity contribution in [3.05, 3.63) is 65.2 Å². The smallest absolute Gasteiger partial charge is 0.412 e. The van der Waals surface area contributed by atoms with E-state index in [0.717, 1.165) is 16.9 Å². The summed E-state index contributed by atoms with van der Waals surface area (Å²) in [7, 11) is -3.48. The van der Waals surface area contributed by atoms with Crippen molar-refractivity contribution in [1.82, 2.24) is 4.72 Å². The van der Waals surface area contributed by atoms with Crippen LogP contribution in [0.15, 0.2) is 48.6 Å². The summed E-state index contributed by atoms with van der Waals surface area (Å²) in [5, 5.41) is 12.6. The number of carbonyl (C=O) groups excluding carboxylic acids is 1. The van der Waals surface area contributed by atoms with Gasteiger partial charge >= 0.3 is 6.09 Å². The fraction of sp³-hybridized carbons (Fsp3) is 0.423. The third kappa shape index (κ3) is 7.22. The second-order valence-corrected chi connectivity index (χ2v) is 10.9. The van der Waals surface area contributed by atoms with Crippen LogP contribution in [0.2, 0.25) is 0 Å². The highest BCUT2D eigenvalue weighted by Gasteiger charge is 2.23. The maximum Gasteiger partial charge on any atom is 0.412 e. The number of fused-ring (bicyclic) bond motifs is 1. The van der Waals surface area contributed by atoms with Crippen molar-refractivity contribution in [1.29, 1.82) is 0 Å². The van der Waals surface area contributed by atoms with Crippen molar-refractivity contribution >= 4 is 21.8 Å². The number of anilines is 1. The summed E-state index contributed by atoms with van der Waals surface area (Å²) in [6.07, 6.45) is 7.06. The molecule has 188 valence electrons. The summed E-state index contributed by atoms with van der Waals surface area (Å²) in [5.41, 5.74) is 2.81. The molecule has 1 unspecified atom stereocenters. The van der Waals surface area contributed by atoms with E-state index in [2.05, 4.69) is 10.0 Å². The average Bonchev–Trinajstić information content (AvgIpc) is 3.66. The number of aromatic hydroxyl groups is 1. The highest BCUT2D eigenvalue weighted by atomic mass is 32.2.